The zero-order valence-electron chi connectivity index (χ0n) is 15.4. The zero-order chi connectivity index (χ0) is 20.1. The number of aromatic hydroxyl groups is 1. The molecule has 5 rings (SSSR count). The molecule has 2 atom stereocenters. The lowest BCUT2D eigenvalue weighted by molar-refractivity contribution is -0.123. The summed E-state index contributed by atoms with van der Waals surface area (Å²) in [5.74, 6) is 0.862. The van der Waals surface area contributed by atoms with Crippen molar-refractivity contribution in [2.24, 2.45) is 0 Å². The fourth-order valence-corrected chi connectivity index (χ4v) is 4.83. The summed E-state index contributed by atoms with van der Waals surface area (Å²) in [4.78, 5) is 18.6. The quantitative estimate of drug-likeness (QED) is 0.398. The highest BCUT2D eigenvalue weighted by Crippen LogP contribution is 2.43. The average molecular weight is 426 g/mol. The molecule has 4 aromatic rings. The first-order chi connectivity index (χ1) is 14.0. The van der Waals surface area contributed by atoms with E-state index in [-0.39, 0.29) is 17.7 Å². The Hall–Kier alpha value is -2.97. The standard InChI is InChI=1S/C20H16ClN5O2S/c1-11-22-14-4-2-3-5-15(14)25(11)10-16-23-24-20(29-16)26-18(17(21)19(26)28)12-6-8-13(27)9-7-12/h2-9,17-18,27H,10H2,1H3. The maximum absolute atomic E-state index is 12.4. The van der Waals surface area contributed by atoms with Crippen LogP contribution in [0.1, 0.15) is 22.4 Å². The number of anilines is 1. The maximum Gasteiger partial charge on any atom is 0.250 e. The molecule has 7 nitrogen and oxygen atoms in total. The normalized spacial score (nSPS) is 19.0. The largest absolute Gasteiger partial charge is 0.508 e. The number of halogens is 1. The molecule has 1 aliphatic heterocycles. The maximum atomic E-state index is 12.4. The second-order valence-corrected chi connectivity index (χ2v) is 8.37. The molecule has 9 heteroatoms. The van der Waals surface area contributed by atoms with E-state index in [9.17, 15) is 9.90 Å². The third-order valence-electron chi connectivity index (χ3n) is 5.06. The van der Waals surface area contributed by atoms with Crippen LogP contribution in [0.25, 0.3) is 11.0 Å². The van der Waals surface area contributed by atoms with Gasteiger partial charge in [0.05, 0.1) is 23.6 Å². The summed E-state index contributed by atoms with van der Waals surface area (Å²) in [6, 6.07) is 14.3. The van der Waals surface area contributed by atoms with Crippen molar-refractivity contribution in [1.82, 2.24) is 19.7 Å². The number of imidazole rings is 1. The van der Waals surface area contributed by atoms with Gasteiger partial charge < -0.3 is 9.67 Å². The molecule has 0 spiro atoms. The summed E-state index contributed by atoms with van der Waals surface area (Å²) in [6.45, 7) is 2.49. The summed E-state index contributed by atoms with van der Waals surface area (Å²) in [7, 11) is 0. The lowest BCUT2D eigenvalue weighted by Gasteiger charge is -2.42. The first-order valence-corrected chi connectivity index (χ1v) is 10.3. The summed E-state index contributed by atoms with van der Waals surface area (Å²) in [5, 5.41) is 18.7. The number of hydrogen-bond acceptors (Lipinski definition) is 6. The van der Waals surface area contributed by atoms with Gasteiger partial charge in [0.1, 0.15) is 22.0 Å². The molecule has 1 fully saturated rings. The van der Waals surface area contributed by atoms with E-state index in [0.29, 0.717) is 11.7 Å². The number of benzene rings is 2. The molecule has 2 aromatic heterocycles. The van der Waals surface area contributed by atoms with Gasteiger partial charge in [-0.2, -0.15) is 0 Å². The van der Waals surface area contributed by atoms with Crippen LogP contribution in [0, 0.1) is 6.92 Å². The van der Waals surface area contributed by atoms with E-state index in [4.69, 9.17) is 11.6 Å². The number of aromatic nitrogens is 4. The van der Waals surface area contributed by atoms with Crippen LogP contribution in [-0.2, 0) is 11.3 Å². The Kier molecular flexibility index (Phi) is 4.25. The van der Waals surface area contributed by atoms with E-state index in [1.165, 1.54) is 11.3 Å². The number of carbonyl (C=O) groups is 1. The van der Waals surface area contributed by atoms with Crippen molar-refractivity contribution < 1.29 is 9.90 Å². The molecule has 1 N–H and O–H groups in total. The van der Waals surface area contributed by atoms with Crippen molar-refractivity contribution in [3.8, 4) is 5.75 Å². The number of carbonyl (C=O) groups excluding carboxylic acids is 1. The lowest BCUT2D eigenvalue weighted by atomic mass is 9.94. The summed E-state index contributed by atoms with van der Waals surface area (Å²) in [5.41, 5.74) is 2.81. The number of fused-ring (bicyclic) bond motifs is 1. The molecular formula is C20H16ClN5O2S. The Morgan fingerprint density at radius 1 is 1.14 bits per heavy atom. The summed E-state index contributed by atoms with van der Waals surface area (Å²) < 4.78 is 2.08. The van der Waals surface area contributed by atoms with Crippen molar-refractivity contribution in [2.75, 3.05) is 4.90 Å². The minimum Gasteiger partial charge on any atom is -0.508 e. The molecule has 1 amide bonds. The second-order valence-electron chi connectivity index (χ2n) is 6.86. The van der Waals surface area contributed by atoms with Gasteiger partial charge in [-0.15, -0.1) is 21.8 Å². The third kappa shape index (κ3) is 2.95. The molecule has 3 heterocycles. The van der Waals surface area contributed by atoms with Gasteiger partial charge >= 0.3 is 0 Å². The Morgan fingerprint density at radius 2 is 1.90 bits per heavy atom. The summed E-state index contributed by atoms with van der Waals surface area (Å²) in [6.07, 6.45) is 0. The van der Waals surface area contributed by atoms with E-state index in [1.807, 2.05) is 31.2 Å². The third-order valence-corrected chi connectivity index (χ3v) is 6.40. The van der Waals surface area contributed by atoms with Gasteiger partial charge in [0.25, 0.3) is 0 Å². The number of para-hydroxylation sites is 2. The first kappa shape index (κ1) is 18.1. The molecular weight excluding hydrogens is 410 g/mol. The second kappa shape index (κ2) is 6.82. The van der Waals surface area contributed by atoms with Gasteiger partial charge in [-0.1, -0.05) is 35.6 Å². The fourth-order valence-electron chi connectivity index (χ4n) is 3.59. The number of nitrogens with zero attached hydrogens (tertiary/aromatic N) is 5. The van der Waals surface area contributed by atoms with Gasteiger partial charge in [-0.25, -0.2) is 4.98 Å². The lowest BCUT2D eigenvalue weighted by Crippen LogP contribution is -2.56. The number of aryl methyl sites for hydroxylation is 1. The van der Waals surface area contributed by atoms with Crippen LogP contribution in [0.4, 0.5) is 5.13 Å². The molecule has 2 aromatic carbocycles. The molecule has 0 aliphatic carbocycles. The number of phenols is 1. The zero-order valence-corrected chi connectivity index (χ0v) is 16.9. The topological polar surface area (TPSA) is 84.1 Å². The van der Waals surface area contributed by atoms with Gasteiger partial charge in [-0.3, -0.25) is 9.69 Å². The molecule has 0 radical (unpaired) electrons. The van der Waals surface area contributed by atoms with Crippen molar-refractivity contribution in [2.45, 2.75) is 24.9 Å². The summed E-state index contributed by atoms with van der Waals surface area (Å²) >= 11 is 7.65. The van der Waals surface area contributed by atoms with Gasteiger partial charge in [0.15, 0.2) is 0 Å². The van der Waals surface area contributed by atoms with Gasteiger partial charge in [-0.05, 0) is 36.8 Å². The monoisotopic (exact) mass is 425 g/mol. The molecule has 0 saturated carbocycles. The number of rotatable bonds is 4. The number of β-lactam (4-membered cyclic amide) rings is 1. The van der Waals surface area contributed by atoms with Crippen LogP contribution in [0.5, 0.6) is 5.75 Å². The van der Waals surface area contributed by atoms with E-state index >= 15 is 0 Å². The van der Waals surface area contributed by atoms with Gasteiger partial charge in [0.2, 0.25) is 11.0 Å². The van der Waals surface area contributed by atoms with Crippen LogP contribution >= 0.6 is 22.9 Å². The van der Waals surface area contributed by atoms with E-state index in [2.05, 4.69) is 19.7 Å². The van der Waals surface area contributed by atoms with Crippen LogP contribution in [0.15, 0.2) is 48.5 Å². The minimum absolute atomic E-state index is 0.165. The Bertz CT molecular complexity index is 1220. The Morgan fingerprint density at radius 3 is 2.69 bits per heavy atom. The fraction of sp³-hybridized carbons (Fsp3) is 0.200. The van der Waals surface area contributed by atoms with Crippen LogP contribution in [-0.4, -0.2) is 36.1 Å². The van der Waals surface area contributed by atoms with E-state index < -0.39 is 5.38 Å². The smallest absolute Gasteiger partial charge is 0.250 e. The molecule has 29 heavy (non-hydrogen) atoms. The van der Waals surface area contributed by atoms with Crippen molar-refractivity contribution in [3.63, 3.8) is 0 Å². The first-order valence-electron chi connectivity index (χ1n) is 9.03. The predicted molar refractivity (Wildman–Crippen MR) is 111 cm³/mol. The Balaban J connectivity index is 1.44. The molecule has 1 aliphatic rings. The van der Waals surface area contributed by atoms with Crippen LogP contribution < -0.4 is 4.90 Å². The minimum atomic E-state index is -0.660. The molecule has 0 bridgehead atoms. The predicted octanol–water partition coefficient (Wildman–Crippen LogP) is 3.65. The molecule has 2 unspecified atom stereocenters. The number of alkyl halides is 1. The van der Waals surface area contributed by atoms with Crippen molar-refractivity contribution >= 4 is 45.0 Å². The molecule has 146 valence electrons. The van der Waals surface area contributed by atoms with Crippen LogP contribution in [0.3, 0.4) is 0 Å². The Labute approximate surface area is 175 Å². The SMILES string of the molecule is Cc1nc2ccccc2n1Cc1nnc(N2C(=O)C(Cl)C2c2ccc(O)cc2)s1. The highest BCUT2D eigenvalue weighted by atomic mass is 35.5. The number of amides is 1. The number of hydrogen-bond donors (Lipinski definition) is 1. The van der Waals surface area contributed by atoms with E-state index in [1.54, 1.807) is 29.2 Å². The van der Waals surface area contributed by atoms with E-state index in [0.717, 1.165) is 27.4 Å². The highest BCUT2D eigenvalue weighted by Gasteiger charge is 2.49. The van der Waals surface area contributed by atoms with Crippen LogP contribution in [0.2, 0.25) is 0 Å². The highest BCUT2D eigenvalue weighted by molar-refractivity contribution is 7.15. The van der Waals surface area contributed by atoms with Crippen molar-refractivity contribution in [3.05, 3.63) is 64.9 Å². The van der Waals surface area contributed by atoms with Crippen molar-refractivity contribution in [1.29, 1.82) is 0 Å². The number of phenolic OH excluding ortho intramolecular Hbond substituents is 1. The van der Waals surface area contributed by atoms with Gasteiger partial charge in [0, 0.05) is 0 Å². The molecule has 1 saturated heterocycles. The average Bonchev–Trinajstić information content (AvgIpc) is 3.31.